The van der Waals surface area contributed by atoms with Crippen LogP contribution in [0.2, 0.25) is 0 Å². The quantitative estimate of drug-likeness (QED) is 0.875. The van der Waals surface area contributed by atoms with E-state index < -0.39 is 27.4 Å². The van der Waals surface area contributed by atoms with E-state index in [4.69, 9.17) is 5.11 Å². The van der Waals surface area contributed by atoms with Crippen molar-refractivity contribution in [1.29, 1.82) is 0 Å². The summed E-state index contributed by atoms with van der Waals surface area (Å²) in [5, 5.41) is 8.97. The van der Waals surface area contributed by atoms with Crippen LogP contribution in [0, 0.1) is 12.7 Å². The molecule has 1 N–H and O–H groups in total. The van der Waals surface area contributed by atoms with E-state index in [0.29, 0.717) is 12.8 Å². The van der Waals surface area contributed by atoms with Crippen molar-refractivity contribution in [2.24, 2.45) is 0 Å². The molecule has 0 saturated carbocycles. The van der Waals surface area contributed by atoms with Gasteiger partial charge in [0.15, 0.2) is 0 Å². The highest BCUT2D eigenvalue weighted by molar-refractivity contribution is 7.89. The number of halogens is 1. The molecule has 0 amide bonds. The summed E-state index contributed by atoms with van der Waals surface area (Å²) in [6, 6.07) is 1.85. The first-order valence-electron chi connectivity index (χ1n) is 6.68. The Bertz CT molecular complexity index is 639. The molecule has 1 aromatic rings. The third kappa shape index (κ3) is 3.41. The van der Waals surface area contributed by atoms with Crippen molar-refractivity contribution in [3.8, 4) is 0 Å². The van der Waals surface area contributed by atoms with Crippen LogP contribution >= 0.6 is 0 Å². The molecule has 0 aromatic heterocycles. The van der Waals surface area contributed by atoms with Crippen molar-refractivity contribution >= 4 is 16.0 Å². The van der Waals surface area contributed by atoms with E-state index in [1.54, 1.807) is 0 Å². The van der Waals surface area contributed by atoms with Crippen molar-refractivity contribution in [2.75, 3.05) is 7.05 Å². The fraction of sp³-hybridized carbons (Fsp3) is 0.500. The van der Waals surface area contributed by atoms with Crippen LogP contribution in [-0.2, 0) is 10.0 Å². The Morgan fingerprint density at radius 2 is 1.86 bits per heavy atom. The second-order valence-electron chi connectivity index (χ2n) is 4.90. The molecule has 0 unspecified atom stereocenters. The lowest BCUT2D eigenvalue weighted by Crippen LogP contribution is -2.36. The number of aromatic carboxylic acids is 1. The van der Waals surface area contributed by atoms with Gasteiger partial charge in [-0.15, -0.1) is 0 Å². The van der Waals surface area contributed by atoms with Crippen LogP contribution in [0.5, 0.6) is 0 Å². The molecule has 118 valence electrons. The van der Waals surface area contributed by atoms with E-state index in [1.807, 2.05) is 13.8 Å². The van der Waals surface area contributed by atoms with E-state index in [-0.39, 0.29) is 16.5 Å². The van der Waals surface area contributed by atoms with Crippen molar-refractivity contribution in [2.45, 2.75) is 44.6 Å². The van der Waals surface area contributed by atoms with Crippen LogP contribution in [0.4, 0.5) is 4.39 Å². The zero-order valence-electron chi connectivity index (χ0n) is 12.6. The lowest BCUT2D eigenvalue weighted by atomic mass is 10.1. The van der Waals surface area contributed by atoms with Gasteiger partial charge in [-0.25, -0.2) is 17.6 Å². The molecule has 0 saturated heterocycles. The molecule has 0 bridgehead atoms. The fourth-order valence-electron chi connectivity index (χ4n) is 2.21. The topological polar surface area (TPSA) is 74.7 Å². The van der Waals surface area contributed by atoms with Gasteiger partial charge < -0.3 is 5.11 Å². The van der Waals surface area contributed by atoms with E-state index in [0.717, 1.165) is 12.1 Å². The average molecular weight is 317 g/mol. The molecule has 0 radical (unpaired) electrons. The molecule has 0 fully saturated rings. The van der Waals surface area contributed by atoms with Gasteiger partial charge in [-0.1, -0.05) is 13.8 Å². The van der Waals surface area contributed by atoms with Crippen molar-refractivity contribution in [1.82, 2.24) is 4.31 Å². The van der Waals surface area contributed by atoms with Crippen LogP contribution in [0.25, 0.3) is 0 Å². The van der Waals surface area contributed by atoms with Gasteiger partial charge in [0.2, 0.25) is 10.0 Å². The standard InChI is InChI=1S/C14H20FNO4S/c1-5-10(6-2)16(4)21(19,20)11-7-9(3)13(15)12(8-11)14(17)18/h7-8,10H,5-6H2,1-4H3,(H,17,18). The summed E-state index contributed by atoms with van der Waals surface area (Å²) in [5.74, 6) is -2.40. The number of aryl methyl sites for hydroxylation is 1. The first kappa shape index (κ1) is 17.6. The minimum Gasteiger partial charge on any atom is -0.478 e. The number of carboxylic acid groups (broad SMARTS) is 1. The summed E-state index contributed by atoms with van der Waals surface area (Å²) in [5.41, 5.74) is -0.641. The summed E-state index contributed by atoms with van der Waals surface area (Å²) in [6.07, 6.45) is 1.27. The van der Waals surface area contributed by atoms with E-state index in [1.165, 1.54) is 18.3 Å². The third-order valence-electron chi connectivity index (χ3n) is 3.59. The molecular weight excluding hydrogens is 297 g/mol. The second-order valence-corrected chi connectivity index (χ2v) is 6.90. The minimum atomic E-state index is -3.85. The van der Waals surface area contributed by atoms with Gasteiger partial charge in [0, 0.05) is 13.1 Å². The van der Waals surface area contributed by atoms with Gasteiger partial charge in [0.1, 0.15) is 5.82 Å². The number of nitrogens with zero attached hydrogens (tertiary/aromatic N) is 1. The van der Waals surface area contributed by atoms with Crippen molar-refractivity contribution in [3.63, 3.8) is 0 Å². The minimum absolute atomic E-state index is 0.00794. The SMILES string of the molecule is CCC(CC)N(C)S(=O)(=O)c1cc(C)c(F)c(C(=O)O)c1. The fourth-order valence-corrected chi connectivity index (χ4v) is 3.82. The zero-order valence-corrected chi connectivity index (χ0v) is 13.4. The molecule has 0 aliphatic carbocycles. The Morgan fingerprint density at radius 1 is 1.33 bits per heavy atom. The molecular formula is C14H20FNO4S. The van der Waals surface area contributed by atoms with Gasteiger partial charge in [-0.3, -0.25) is 0 Å². The predicted octanol–water partition coefficient (Wildman–Crippen LogP) is 2.64. The summed E-state index contributed by atoms with van der Waals surface area (Å²) in [6.45, 7) is 5.09. The number of carboxylic acids is 1. The molecule has 0 spiro atoms. The lowest BCUT2D eigenvalue weighted by molar-refractivity contribution is 0.0691. The van der Waals surface area contributed by atoms with E-state index in [2.05, 4.69) is 0 Å². The van der Waals surface area contributed by atoms with Crippen LogP contribution in [-0.4, -0.2) is 36.9 Å². The number of hydrogen-bond donors (Lipinski definition) is 1. The van der Waals surface area contributed by atoms with E-state index in [9.17, 15) is 17.6 Å². The highest BCUT2D eigenvalue weighted by atomic mass is 32.2. The lowest BCUT2D eigenvalue weighted by Gasteiger charge is -2.25. The number of sulfonamides is 1. The predicted molar refractivity (Wildman–Crippen MR) is 77.4 cm³/mol. The summed E-state index contributed by atoms with van der Waals surface area (Å²) < 4.78 is 40.0. The first-order chi connectivity index (χ1) is 9.66. The summed E-state index contributed by atoms with van der Waals surface area (Å²) in [7, 11) is -2.40. The first-order valence-corrected chi connectivity index (χ1v) is 8.12. The molecule has 1 aromatic carbocycles. The van der Waals surface area contributed by atoms with Crippen LogP contribution in [0.3, 0.4) is 0 Å². The maximum atomic E-state index is 13.7. The van der Waals surface area contributed by atoms with Gasteiger partial charge in [0.25, 0.3) is 0 Å². The largest absolute Gasteiger partial charge is 0.478 e. The van der Waals surface area contributed by atoms with Gasteiger partial charge in [-0.2, -0.15) is 4.31 Å². The van der Waals surface area contributed by atoms with Crippen molar-refractivity contribution < 1.29 is 22.7 Å². The molecule has 5 nitrogen and oxygen atoms in total. The Kier molecular flexibility index (Phi) is 5.47. The highest BCUT2D eigenvalue weighted by Crippen LogP contribution is 2.24. The Morgan fingerprint density at radius 3 is 2.29 bits per heavy atom. The van der Waals surface area contributed by atoms with Crippen LogP contribution < -0.4 is 0 Å². The normalized spacial score (nSPS) is 12.1. The van der Waals surface area contributed by atoms with Crippen molar-refractivity contribution in [3.05, 3.63) is 29.1 Å². The molecule has 21 heavy (non-hydrogen) atoms. The molecule has 0 heterocycles. The van der Waals surface area contributed by atoms with Crippen LogP contribution in [0.15, 0.2) is 17.0 Å². The third-order valence-corrected chi connectivity index (χ3v) is 5.48. The molecule has 7 heteroatoms. The van der Waals surface area contributed by atoms with Gasteiger partial charge in [0.05, 0.1) is 10.5 Å². The molecule has 0 atom stereocenters. The molecule has 1 rings (SSSR count). The number of rotatable bonds is 6. The maximum Gasteiger partial charge on any atom is 0.338 e. The van der Waals surface area contributed by atoms with Crippen LogP contribution in [0.1, 0.15) is 42.6 Å². The zero-order chi connectivity index (χ0) is 16.4. The number of hydrogen-bond acceptors (Lipinski definition) is 3. The highest BCUT2D eigenvalue weighted by Gasteiger charge is 2.28. The smallest absolute Gasteiger partial charge is 0.338 e. The summed E-state index contributed by atoms with van der Waals surface area (Å²) >= 11 is 0. The van der Waals surface area contributed by atoms with Gasteiger partial charge >= 0.3 is 5.97 Å². The Labute approximate surface area is 124 Å². The maximum absolute atomic E-state index is 13.7. The monoisotopic (exact) mass is 317 g/mol. The Balaban J connectivity index is 3.42. The Hall–Kier alpha value is -1.47. The second kappa shape index (κ2) is 6.53. The van der Waals surface area contributed by atoms with Gasteiger partial charge in [-0.05, 0) is 37.5 Å². The van der Waals surface area contributed by atoms with E-state index >= 15 is 0 Å². The number of benzene rings is 1. The average Bonchev–Trinajstić information content (AvgIpc) is 2.42. The number of carbonyl (C=O) groups is 1. The molecule has 0 aliphatic heterocycles. The molecule has 0 aliphatic rings. The summed E-state index contributed by atoms with van der Waals surface area (Å²) in [4.78, 5) is 10.8.